The zero-order valence-corrected chi connectivity index (χ0v) is 18.4. The van der Waals surface area contributed by atoms with Crippen LogP contribution in [0.3, 0.4) is 0 Å². The Kier molecular flexibility index (Phi) is 6.77. The van der Waals surface area contributed by atoms with Gasteiger partial charge >= 0.3 is 0 Å². The highest BCUT2D eigenvalue weighted by Crippen LogP contribution is 2.27. The molecule has 1 aliphatic heterocycles. The fourth-order valence-corrected chi connectivity index (χ4v) is 4.39. The average Bonchev–Trinajstić information content (AvgIpc) is 3.22. The third kappa shape index (κ3) is 5.58. The van der Waals surface area contributed by atoms with Gasteiger partial charge in [0.1, 0.15) is 5.82 Å². The molecule has 0 saturated carbocycles. The Morgan fingerprint density at radius 2 is 1.90 bits per heavy atom. The summed E-state index contributed by atoms with van der Waals surface area (Å²) in [6.07, 6.45) is 7.05. The number of piperidine rings is 1. The minimum atomic E-state index is -0.00957. The number of anilines is 1. The Labute approximate surface area is 184 Å². The molecule has 0 spiro atoms. The third-order valence-corrected chi connectivity index (χ3v) is 6.09. The molecule has 1 N–H and O–H groups in total. The summed E-state index contributed by atoms with van der Waals surface area (Å²) in [5.74, 6) is 0.779. The van der Waals surface area contributed by atoms with E-state index >= 15 is 0 Å². The lowest BCUT2D eigenvalue weighted by atomic mass is 10.0. The molecule has 1 aliphatic rings. The Morgan fingerprint density at radius 1 is 1.13 bits per heavy atom. The second-order valence-electron chi connectivity index (χ2n) is 8.52. The molecule has 6 heteroatoms. The molecule has 4 rings (SSSR count). The molecule has 1 aromatic carbocycles. The number of carbonyl (C=O) groups is 1. The van der Waals surface area contributed by atoms with Crippen molar-refractivity contribution in [2.75, 3.05) is 18.4 Å². The number of rotatable bonds is 7. The number of benzene rings is 1. The fraction of sp³-hybridized carbons (Fsp3) is 0.400. The standard InChI is InChI=1S/C25H31N5O/c1-19-8-12-26-22(16-19)17-20(2)29-14-10-23(11-15-29)30-24(9-13-27-30)28-25(31)18-21-6-4-3-5-7-21/h3-9,12-13,16,20,23H,10-11,14-15,17-18H2,1-2H3,(H,28,31). The molecule has 162 valence electrons. The number of hydrogen-bond donors (Lipinski definition) is 1. The van der Waals surface area contributed by atoms with Crippen LogP contribution in [0.1, 0.15) is 42.6 Å². The van der Waals surface area contributed by atoms with Gasteiger partial charge in [-0.2, -0.15) is 5.10 Å². The number of carbonyl (C=O) groups excluding carboxylic acids is 1. The lowest BCUT2D eigenvalue weighted by molar-refractivity contribution is -0.115. The van der Waals surface area contributed by atoms with Crippen LogP contribution in [0.5, 0.6) is 0 Å². The Balaban J connectivity index is 1.31. The molecule has 1 fully saturated rings. The van der Waals surface area contributed by atoms with Crippen LogP contribution in [0, 0.1) is 6.92 Å². The van der Waals surface area contributed by atoms with Crippen molar-refractivity contribution in [3.8, 4) is 0 Å². The van der Waals surface area contributed by atoms with Gasteiger partial charge in [0, 0.05) is 43.5 Å². The van der Waals surface area contributed by atoms with Crippen LogP contribution in [0.2, 0.25) is 0 Å². The summed E-state index contributed by atoms with van der Waals surface area (Å²) in [5, 5.41) is 7.57. The van der Waals surface area contributed by atoms with Gasteiger partial charge in [-0.15, -0.1) is 0 Å². The van der Waals surface area contributed by atoms with Gasteiger partial charge in [0.05, 0.1) is 18.7 Å². The van der Waals surface area contributed by atoms with Crippen LogP contribution in [0.15, 0.2) is 60.9 Å². The van der Waals surface area contributed by atoms with Crippen molar-refractivity contribution in [2.45, 2.75) is 51.6 Å². The Morgan fingerprint density at radius 3 is 2.65 bits per heavy atom. The molecule has 0 aliphatic carbocycles. The molecule has 3 heterocycles. The van der Waals surface area contributed by atoms with Crippen LogP contribution in [0.25, 0.3) is 0 Å². The van der Waals surface area contributed by atoms with E-state index in [-0.39, 0.29) is 5.91 Å². The van der Waals surface area contributed by atoms with Crippen molar-refractivity contribution >= 4 is 11.7 Å². The first-order valence-electron chi connectivity index (χ1n) is 11.1. The molecule has 2 aromatic heterocycles. The largest absolute Gasteiger partial charge is 0.311 e. The number of aromatic nitrogens is 3. The third-order valence-electron chi connectivity index (χ3n) is 6.09. The predicted octanol–water partition coefficient (Wildman–Crippen LogP) is 4.04. The first-order chi connectivity index (χ1) is 15.1. The van der Waals surface area contributed by atoms with Gasteiger partial charge < -0.3 is 10.2 Å². The quantitative estimate of drug-likeness (QED) is 0.630. The Hall–Kier alpha value is -2.99. The van der Waals surface area contributed by atoms with Gasteiger partial charge in [-0.05, 0) is 49.9 Å². The van der Waals surface area contributed by atoms with E-state index in [1.807, 2.05) is 53.3 Å². The Bertz CT molecular complexity index is 992. The van der Waals surface area contributed by atoms with Crippen LogP contribution in [-0.2, 0) is 17.6 Å². The van der Waals surface area contributed by atoms with E-state index in [4.69, 9.17) is 0 Å². The van der Waals surface area contributed by atoms with Gasteiger partial charge in [0.25, 0.3) is 0 Å². The van der Waals surface area contributed by atoms with E-state index < -0.39 is 0 Å². The molecular formula is C25H31N5O. The van der Waals surface area contributed by atoms with E-state index in [2.05, 4.69) is 40.2 Å². The monoisotopic (exact) mass is 417 g/mol. The first-order valence-corrected chi connectivity index (χ1v) is 11.1. The molecule has 0 radical (unpaired) electrons. The molecular weight excluding hydrogens is 386 g/mol. The number of nitrogens with one attached hydrogen (secondary N) is 1. The van der Waals surface area contributed by atoms with Crippen molar-refractivity contribution in [3.63, 3.8) is 0 Å². The van der Waals surface area contributed by atoms with Crippen LogP contribution < -0.4 is 5.32 Å². The topological polar surface area (TPSA) is 63.1 Å². The van der Waals surface area contributed by atoms with Crippen molar-refractivity contribution in [2.24, 2.45) is 0 Å². The highest BCUT2D eigenvalue weighted by Gasteiger charge is 2.26. The average molecular weight is 418 g/mol. The van der Waals surface area contributed by atoms with Crippen molar-refractivity contribution in [3.05, 3.63) is 77.7 Å². The van der Waals surface area contributed by atoms with E-state index in [1.54, 1.807) is 6.20 Å². The van der Waals surface area contributed by atoms with Gasteiger partial charge in [-0.25, -0.2) is 4.68 Å². The molecule has 3 aromatic rings. The summed E-state index contributed by atoms with van der Waals surface area (Å²) >= 11 is 0. The van der Waals surface area contributed by atoms with Crippen molar-refractivity contribution in [1.29, 1.82) is 0 Å². The van der Waals surface area contributed by atoms with Crippen LogP contribution >= 0.6 is 0 Å². The summed E-state index contributed by atoms with van der Waals surface area (Å²) in [6, 6.07) is 16.7. The van der Waals surface area contributed by atoms with Crippen molar-refractivity contribution < 1.29 is 4.79 Å². The number of hydrogen-bond acceptors (Lipinski definition) is 4. The molecule has 31 heavy (non-hydrogen) atoms. The smallest absolute Gasteiger partial charge is 0.229 e. The summed E-state index contributed by atoms with van der Waals surface area (Å²) < 4.78 is 1.99. The second-order valence-corrected chi connectivity index (χ2v) is 8.52. The van der Waals surface area contributed by atoms with E-state index in [9.17, 15) is 4.79 Å². The lowest BCUT2D eigenvalue weighted by Gasteiger charge is -2.36. The maximum atomic E-state index is 12.5. The maximum absolute atomic E-state index is 12.5. The van der Waals surface area contributed by atoms with E-state index in [0.717, 1.165) is 49.4 Å². The minimum absolute atomic E-state index is 0.00957. The highest BCUT2D eigenvalue weighted by molar-refractivity contribution is 5.91. The molecule has 1 unspecified atom stereocenters. The predicted molar refractivity (Wildman–Crippen MR) is 123 cm³/mol. The summed E-state index contributed by atoms with van der Waals surface area (Å²) in [7, 11) is 0. The minimum Gasteiger partial charge on any atom is -0.311 e. The summed E-state index contributed by atoms with van der Waals surface area (Å²) in [6.45, 7) is 6.44. The van der Waals surface area contributed by atoms with Gasteiger partial charge in [0.2, 0.25) is 5.91 Å². The number of likely N-dealkylation sites (tertiary alicyclic amines) is 1. The normalized spacial score (nSPS) is 16.2. The number of nitrogens with zero attached hydrogens (tertiary/aromatic N) is 4. The fourth-order valence-electron chi connectivity index (χ4n) is 4.39. The zero-order valence-electron chi connectivity index (χ0n) is 18.4. The zero-order chi connectivity index (χ0) is 21.6. The van der Waals surface area contributed by atoms with Crippen LogP contribution in [-0.4, -0.2) is 44.7 Å². The number of pyridine rings is 1. The summed E-state index contributed by atoms with van der Waals surface area (Å²) in [4.78, 5) is 19.5. The van der Waals surface area contributed by atoms with Gasteiger partial charge in [-0.3, -0.25) is 9.78 Å². The van der Waals surface area contributed by atoms with E-state index in [0.29, 0.717) is 18.5 Å². The maximum Gasteiger partial charge on any atom is 0.229 e. The first kappa shape index (κ1) is 21.2. The summed E-state index contributed by atoms with van der Waals surface area (Å²) in [5.41, 5.74) is 3.43. The second kappa shape index (κ2) is 9.88. The van der Waals surface area contributed by atoms with Gasteiger partial charge in [0.15, 0.2) is 0 Å². The number of amides is 1. The molecule has 1 atom stereocenters. The highest BCUT2D eigenvalue weighted by atomic mass is 16.1. The van der Waals surface area contributed by atoms with Crippen molar-refractivity contribution in [1.82, 2.24) is 19.7 Å². The van der Waals surface area contributed by atoms with Crippen LogP contribution in [0.4, 0.5) is 5.82 Å². The molecule has 1 amide bonds. The lowest BCUT2D eigenvalue weighted by Crippen LogP contribution is -2.41. The van der Waals surface area contributed by atoms with Gasteiger partial charge in [-0.1, -0.05) is 30.3 Å². The molecule has 6 nitrogen and oxygen atoms in total. The molecule has 1 saturated heterocycles. The number of aryl methyl sites for hydroxylation is 1. The molecule has 0 bridgehead atoms. The van der Waals surface area contributed by atoms with E-state index in [1.165, 1.54) is 5.56 Å². The SMILES string of the molecule is Cc1ccnc(CC(C)N2CCC(n3nccc3NC(=O)Cc3ccccc3)CC2)c1.